The van der Waals surface area contributed by atoms with Crippen LogP contribution in [-0.4, -0.2) is 91.9 Å². The van der Waals surface area contributed by atoms with Crippen LogP contribution in [0, 0.1) is 0 Å². The molecule has 0 amide bonds. The molecule has 8 heteroatoms. The van der Waals surface area contributed by atoms with Crippen LogP contribution in [0.3, 0.4) is 0 Å². The molecule has 0 aromatic carbocycles. The molecule has 47 heavy (non-hydrogen) atoms. The largest absolute Gasteiger partial charge is 0.463 e. The number of hydrogen-bond donors (Lipinski definition) is 0. The molecule has 0 bridgehead atoms. The summed E-state index contributed by atoms with van der Waals surface area (Å²) in [5, 5.41) is 0. The lowest BCUT2D eigenvalue weighted by Gasteiger charge is -2.08. The number of carbonyl (C=O) groups excluding carboxylic acids is 1. The quantitative estimate of drug-likeness (QED) is 0.0468. The van der Waals surface area contributed by atoms with Gasteiger partial charge in [-0.05, 0) is 12.8 Å². The molecule has 0 saturated carbocycles. The molecule has 0 spiro atoms. The van der Waals surface area contributed by atoms with Crippen molar-refractivity contribution in [1.29, 1.82) is 0 Å². The van der Waals surface area contributed by atoms with E-state index < -0.39 is 0 Å². The van der Waals surface area contributed by atoms with E-state index in [0.717, 1.165) is 25.9 Å². The summed E-state index contributed by atoms with van der Waals surface area (Å²) in [5.41, 5.74) is 0. The molecule has 0 aromatic rings. The van der Waals surface area contributed by atoms with Crippen LogP contribution in [0.15, 0.2) is 0 Å². The van der Waals surface area contributed by atoms with Crippen molar-refractivity contribution < 1.29 is 38.0 Å². The van der Waals surface area contributed by atoms with Crippen molar-refractivity contribution in [1.82, 2.24) is 0 Å². The predicted molar refractivity (Wildman–Crippen MR) is 193 cm³/mol. The fraction of sp³-hybridized carbons (Fsp3) is 0.974. The van der Waals surface area contributed by atoms with E-state index in [4.69, 9.17) is 33.2 Å². The number of unbranched alkanes of at least 4 members (excludes halogenated alkanes) is 20. The number of rotatable bonds is 42. The van der Waals surface area contributed by atoms with Gasteiger partial charge in [0.15, 0.2) is 0 Å². The van der Waals surface area contributed by atoms with E-state index in [-0.39, 0.29) is 5.97 Å². The second-order valence-electron chi connectivity index (χ2n) is 12.7. The van der Waals surface area contributed by atoms with Gasteiger partial charge < -0.3 is 33.2 Å². The Morgan fingerprint density at radius 2 is 0.553 bits per heavy atom. The normalized spacial score (nSPS) is 11.4. The van der Waals surface area contributed by atoms with Gasteiger partial charge in [-0.25, -0.2) is 0 Å². The zero-order valence-electron chi connectivity index (χ0n) is 31.2. The van der Waals surface area contributed by atoms with Crippen LogP contribution in [0.25, 0.3) is 0 Å². The van der Waals surface area contributed by atoms with Crippen LogP contribution in [0.2, 0.25) is 0 Å². The average molecular weight is 675 g/mol. The highest BCUT2D eigenvalue weighted by Gasteiger charge is 2.03. The second-order valence-corrected chi connectivity index (χ2v) is 12.7. The highest BCUT2D eigenvalue weighted by Crippen LogP contribution is 2.14. The first-order chi connectivity index (χ1) is 23.3. The van der Waals surface area contributed by atoms with E-state index in [0.29, 0.717) is 85.7 Å². The first kappa shape index (κ1) is 46.2. The number of hydrogen-bond acceptors (Lipinski definition) is 8. The van der Waals surface area contributed by atoms with Crippen LogP contribution in [0.5, 0.6) is 0 Å². The maximum atomic E-state index is 11.7. The third-order valence-corrected chi connectivity index (χ3v) is 8.23. The van der Waals surface area contributed by atoms with Gasteiger partial charge in [-0.3, -0.25) is 4.79 Å². The highest BCUT2D eigenvalue weighted by molar-refractivity contribution is 5.69. The van der Waals surface area contributed by atoms with Crippen molar-refractivity contribution in [3.05, 3.63) is 0 Å². The summed E-state index contributed by atoms with van der Waals surface area (Å²) in [5.74, 6) is -0.130. The van der Waals surface area contributed by atoms with Gasteiger partial charge in [-0.15, -0.1) is 0 Å². The van der Waals surface area contributed by atoms with E-state index >= 15 is 0 Å². The average Bonchev–Trinajstić information content (AvgIpc) is 3.08. The van der Waals surface area contributed by atoms with Crippen molar-refractivity contribution in [2.45, 2.75) is 162 Å². The standard InChI is InChI=1S/C39H78O8/c1-3-5-7-9-11-12-13-14-15-16-17-18-19-20-22-24-26-41-27-28-42-29-30-43-31-32-44-33-34-45-35-36-46-37-38-47-39(40)25-23-21-10-8-6-4-2/h3-38H2,1-2H3. The van der Waals surface area contributed by atoms with Crippen molar-refractivity contribution >= 4 is 5.97 Å². The molecule has 282 valence electrons. The second kappa shape index (κ2) is 43.3. The molecule has 0 heterocycles. The third-order valence-electron chi connectivity index (χ3n) is 8.23. The van der Waals surface area contributed by atoms with Gasteiger partial charge in [0.2, 0.25) is 0 Å². The Bertz CT molecular complexity index is 577. The molecule has 0 fully saturated rings. The monoisotopic (exact) mass is 675 g/mol. The van der Waals surface area contributed by atoms with Gasteiger partial charge in [0.1, 0.15) is 6.61 Å². The number of esters is 1. The van der Waals surface area contributed by atoms with E-state index in [1.807, 2.05) is 0 Å². The first-order valence-corrected chi connectivity index (χ1v) is 19.9. The zero-order valence-corrected chi connectivity index (χ0v) is 31.2. The summed E-state index contributed by atoms with van der Waals surface area (Å²) in [7, 11) is 0. The van der Waals surface area contributed by atoms with E-state index in [2.05, 4.69) is 13.8 Å². The Labute approximate surface area is 291 Å². The molecule has 0 aliphatic heterocycles. The zero-order chi connectivity index (χ0) is 34.0. The summed E-state index contributed by atoms with van der Waals surface area (Å²) >= 11 is 0. The molecular formula is C39H78O8. The minimum Gasteiger partial charge on any atom is -0.463 e. The van der Waals surface area contributed by atoms with Gasteiger partial charge in [0.05, 0.1) is 72.7 Å². The highest BCUT2D eigenvalue weighted by atomic mass is 16.6. The van der Waals surface area contributed by atoms with Gasteiger partial charge in [0, 0.05) is 13.0 Å². The van der Waals surface area contributed by atoms with Gasteiger partial charge in [-0.1, -0.05) is 142 Å². The Morgan fingerprint density at radius 1 is 0.298 bits per heavy atom. The molecule has 0 unspecified atom stereocenters. The van der Waals surface area contributed by atoms with E-state index in [1.54, 1.807) is 0 Å². The lowest BCUT2D eigenvalue weighted by atomic mass is 10.0. The third kappa shape index (κ3) is 43.2. The Morgan fingerprint density at radius 3 is 0.894 bits per heavy atom. The molecule has 0 saturated heterocycles. The van der Waals surface area contributed by atoms with Gasteiger partial charge >= 0.3 is 5.97 Å². The molecule has 0 radical (unpaired) electrons. The summed E-state index contributed by atoms with van der Waals surface area (Å²) in [6, 6.07) is 0. The smallest absolute Gasteiger partial charge is 0.305 e. The SMILES string of the molecule is CCCCCCCCCCCCCCCCCCOCCOCCOCCOCCOCCOCCOC(=O)CCCCCCCC. The molecular weight excluding hydrogens is 596 g/mol. The number of ether oxygens (including phenoxy) is 7. The summed E-state index contributed by atoms with van der Waals surface area (Å²) < 4.78 is 38.4. The minimum absolute atomic E-state index is 0.130. The Kier molecular flexibility index (Phi) is 42.5. The lowest BCUT2D eigenvalue weighted by Crippen LogP contribution is -2.15. The topological polar surface area (TPSA) is 81.7 Å². The lowest BCUT2D eigenvalue weighted by molar-refractivity contribution is -0.145. The van der Waals surface area contributed by atoms with Crippen molar-refractivity contribution in [2.24, 2.45) is 0 Å². The fourth-order valence-electron chi connectivity index (χ4n) is 5.29. The first-order valence-electron chi connectivity index (χ1n) is 19.9. The minimum atomic E-state index is -0.130. The maximum Gasteiger partial charge on any atom is 0.305 e. The van der Waals surface area contributed by atoms with Crippen molar-refractivity contribution in [3.63, 3.8) is 0 Å². The van der Waals surface area contributed by atoms with Crippen LogP contribution < -0.4 is 0 Å². The predicted octanol–water partition coefficient (Wildman–Crippen LogP) is 9.64. The molecule has 0 aliphatic rings. The molecule has 0 N–H and O–H groups in total. The Balaban J connectivity index is 3.09. The summed E-state index contributed by atoms with van der Waals surface area (Å²) in [6.07, 6.45) is 29.7. The van der Waals surface area contributed by atoms with Gasteiger partial charge in [0.25, 0.3) is 0 Å². The molecule has 0 rings (SSSR count). The molecule has 0 aromatic heterocycles. The van der Waals surface area contributed by atoms with Crippen LogP contribution in [0.4, 0.5) is 0 Å². The molecule has 0 atom stereocenters. The van der Waals surface area contributed by atoms with Crippen LogP contribution in [0.1, 0.15) is 162 Å². The van der Waals surface area contributed by atoms with Crippen molar-refractivity contribution in [2.75, 3.05) is 85.9 Å². The Hall–Kier alpha value is -0.770. The maximum absolute atomic E-state index is 11.7. The molecule has 8 nitrogen and oxygen atoms in total. The number of carbonyl (C=O) groups is 1. The van der Waals surface area contributed by atoms with Gasteiger partial charge in [-0.2, -0.15) is 0 Å². The van der Waals surface area contributed by atoms with Crippen LogP contribution in [-0.2, 0) is 38.0 Å². The summed E-state index contributed by atoms with van der Waals surface area (Å²) in [4.78, 5) is 11.7. The van der Waals surface area contributed by atoms with Crippen molar-refractivity contribution in [3.8, 4) is 0 Å². The van der Waals surface area contributed by atoms with E-state index in [1.165, 1.54) is 122 Å². The summed E-state index contributed by atoms with van der Waals surface area (Å²) in [6.45, 7) is 11.5. The van der Waals surface area contributed by atoms with E-state index in [9.17, 15) is 4.79 Å². The van der Waals surface area contributed by atoms with Crippen LogP contribution >= 0.6 is 0 Å². The fourth-order valence-corrected chi connectivity index (χ4v) is 5.29. The molecule has 0 aliphatic carbocycles.